The van der Waals surface area contributed by atoms with Gasteiger partial charge in [0, 0.05) is 15.6 Å². The van der Waals surface area contributed by atoms with Crippen LogP contribution in [-0.2, 0) is 0 Å². The molecule has 0 aliphatic carbocycles. The van der Waals surface area contributed by atoms with Gasteiger partial charge in [-0.15, -0.1) is 0 Å². The van der Waals surface area contributed by atoms with Gasteiger partial charge in [0.05, 0.1) is 6.04 Å². The predicted molar refractivity (Wildman–Crippen MR) is 88.3 cm³/mol. The molecule has 0 aliphatic rings. The summed E-state index contributed by atoms with van der Waals surface area (Å²) in [5, 5.41) is 4.09. The molecule has 0 saturated heterocycles. The van der Waals surface area contributed by atoms with Crippen LogP contribution in [0.25, 0.3) is 0 Å². The van der Waals surface area contributed by atoms with E-state index >= 15 is 0 Å². The van der Waals surface area contributed by atoms with Gasteiger partial charge < -0.3 is 5.32 Å². The van der Waals surface area contributed by atoms with Gasteiger partial charge in [-0.25, -0.2) is 0 Å². The molecular formula is C17H17Cl2NO. The Morgan fingerprint density at radius 3 is 2.24 bits per heavy atom. The van der Waals surface area contributed by atoms with Crippen LogP contribution in [0.3, 0.4) is 0 Å². The summed E-state index contributed by atoms with van der Waals surface area (Å²) in [5.74, 6) is -0.111. The Kier molecular flexibility index (Phi) is 4.92. The fourth-order valence-corrected chi connectivity index (χ4v) is 2.89. The van der Waals surface area contributed by atoms with Crippen LogP contribution < -0.4 is 5.32 Å². The molecule has 2 aromatic rings. The van der Waals surface area contributed by atoms with Crippen molar-refractivity contribution in [3.63, 3.8) is 0 Å². The number of benzene rings is 2. The topological polar surface area (TPSA) is 29.1 Å². The van der Waals surface area contributed by atoms with Crippen LogP contribution in [0.4, 0.5) is 0 Å². The quantitative estimate of drug-likeness (QED) is 0.837. The number of hydrogen-bond acceptors (Lipinski definition) is 1. The van der Waals surface area contributed by atoms with Crippen molar-refractivity contribution >= 4 is 29.1 Å². The lowest BCUT2D eigenvalue weighted by Crippen LogP contribution is -2.27. The SMILES string of the molecule is Cc1cc(C)cc(C(=O)N[C@H](C)c2ccc(Cl)cc2Cl)c1. The van der Waals surface area contributed by atoms with E-state index in [2.05, 4.69) is 5.32 Å². The zero-order valence-electron chi connectivity index (χ0n) is 12.2. The molecule has 2 rings (SSSR count). The van der Waals surface area contributed by atoms with E-state index in [1.807, 2.05) is 45.0 Å². The first-order chi connectivity index (χ1) is 9.86. The van der Waals surface area contributed by atoms with Gasteiger partial charge in [-0.2, -0.15) is 0 Å². The third-order valence-corrected chi connectivity index (χ3v) is 3.82. The molecule has 1 atom stereocenters. The standard InChI is InChI=1S/C17H17Cl2NO/c1-10-6-11(2)8-13(7-10)17(21)20-12(3)15-5-4-14(18)9-16(15)19/h4-9,12H,1-3H3,(H,20,21)/t12-/m1/s1. The van der Waals surface area contributed by atoms with E-state index in [1.54, 1.807) is 12.1 Å². The molecule has 1 N–H and O–H groups in total. The van der Waals surface area contributed by atoms with Crippen LogP contribution in [0.5, 0.6) is 0 Å². The van der Waals surface area contributed by atoms with Crippen molar-refractivity contribution in [1.82, 2.24) is 5.32 Å². The van der Waals surface area contributed by atoms with Gasteiger partial charge in [-0.1, -0.05) is 46.5 Å². The molecule has 110 valence electrons. The number of hydrogen-bond donors (Lipinski definition) is 1. The highest BCUT2D eigenvalue weighted by Gasteiger charge is 2.14. The number of rotatable bonds is 3. The first-order valence-electron chi connectivity index (χ1n) is 6.71. The first kappa shape index (κ1) is 15.9. The highest BCUT2D eigenvalue weighted by atomic mass is 35.5. The van der Waals surface area contributed by atoms with Crippen molar-refractivity contribution in [2.75, 3.05) is 0 Å². The van der Waals surface area contributed by atoms with Crippen LogP contribution in [0, 0.1) is 13.8 Å². The lowest BCUT2D eigenvalue weighted by molar-refractivity contribution is 0.0939. The molecule has 0 bridgehead atoms. The molecule has 0 saturated carbocycles. The molecule has 0 spiro atoms. The summed E-state index contributed by atoms with van der Waals surface area (Å²) in [4.78, 5) is 12.3. The number of carbonyl (C=O) groups is 1. The molecule has 0 radical (unpaired) electrons. The molecule has 0 fully saturated rings. The Balaban J connectivity index is 2.18. The van der Waals surface area contributed by atoms with E-state index in [1.165, 1.54) is 0 Å². The maximum Gasteiger partial charge on any atom is 0.251 e. The van der Waals surface area contributed by atoms with Gasteiger partial charge in [-0.05, 0) is 50.6 Å². The fourth-order valence-electron chi connectivity index (χ4n) is 2.32. The first-order valence-corrected chi connectivity index (χ1v) is 7.46. The predicted octanol–water partition coefficient (Wildman–Crippen LogP) is 5.10. The highest BCUT2D eigenvalue weighted by molar-refractivity contribution is 6.35. The molecule has 4 heteroatoms. The van der Waals surface area contributed by atoms with E-state index < -0.39 is 0 Å². The molecular weight excluding hydrogens is 305 g/mol. The van der Waals surface area contributed by atoms with Crippen LogP contribution >= 0.6 is 23.2 Å². The Labute approximate surface area is 135 Å². The summed E-state index contributed by atoms with van der Waals surface area (Å²) in [6.07, 6.45) is 0. The lowest BCUT2D eigenvalue weighted by atomic mass is 10.1. The van der Waals surface area contributed by atoms with Gasteiger partial charge in [0.25, 0.3) is 5.91 Å². The molecule has 1 amide bonds. The Morgan fingerprint density at radius 2 is 1.67 bits per heavy atom. The molecule has 0 unspecified atom stereocenters. The van der Waals surface area contributed by atoms with Crippen LogP contribution in [0.1, 0.15) is 40.0 Å². The van der Waals surface area contributed by atoms with E-state index in [4.69, 9.17) is 23.2 Å². The maximum atomic E-state index is 12.3. The van der Waals surface area contributed by atoms with Crippen molar-refractivity contribution < 1.29 is 4.79 Å². The zero-order valence-corrected chi connectivity index (χ0v) is 13.7. The van der Waals surface area contributed by atoms with Crippen LogP contribution in [0.2, 0.25) is 10.0 Å². The maximum absolute atomic E-state index is 12.3. The largest absolute Gasteiger partial charge is 0.345 e. The van der Waals surface area contributed by atoms with E-state index in [9.17, 15) is 4.79 Å². The molecule has 2 aromatic carbocycles. The van der Waals surface area contributed by atoms with Crippen molar-refractivity contribution in [2.45, 2.75) is 26.8 Å². The van der Waals surface area contributed by atoms with Crippen molar-refractivity contribution in [3.05, 3.63) is 68.7 Å². The van der Waals surface area contributed by atoms with Crippen LogP contribution in [0.15, 0.2) is 36.4 Å². The molecule has 0 aliphatic heterocycles. The zero-order chi connectivity index (χ0) is 15.6. The Morgan fingerprint density at radius 1 is 1.05 bits per heavy atom. The minimum Gasteiger partial charge on any atom is -0.345 e. The summed E-state index contributed by atoms with van der Waals surface area (Å²) in [6, 6.07) is 10.9. The molecule has 21 heavy (non-hydrogen) atoms. The Bertz CT molecular complexity index is 662. The lowest BCUT2D eigenvalue weighted by Gasteiger charge is -2.16. The van der Waals surface area contributed by atoms with Crippen molar-refractivity contribution in [2.24, 2.45) is 0 Å². The number of nitrogens with one attached hydrogen (secondary N) is 1. The summed E-state index contributed by atoms with van der Waals surface area (Å²) in [6.45, 7) is 5.85. The van der Waals surface area contributed by atoms with Gasteiger partial charge in [0.1, 0.15) is 0 Å². The van der Waals surface area contributed by atoms with Crippen LogP contribution in [-0.4, -0.2) is 5.91 Å². The number of carbonyl (C=O) groups excluding carboxylic acids is 1. The normalized spacial score (nSPS) is 12.0. The second-order valence-electron chi connectivity index (χ2n) is 5.24. The van der Waals surface area contributed by atoms with Gasteiger partial charge in [0.2, 0.25) is 0 Å². The molecule has 0 aromatic heterocycles. The minimum atomic E-state index is -0.192. The summed E-state index contributed by atoms with van der Waals surface area (Å²) in [7, 11) is 0. The minimum absolute atomic E-state index is 0.111. The second kappa shape index (κ2) is 6.50. The van der Waals surface area contributed by atoms with Gasteiger partial charge in [-0.3, -0.25) is 4.79 Å². The average Bonchev–Trinajstić information content (AvgIpc) is 2.37. The monoisotopic (exact) mass is 321 g/mol. The number of amides is 1. The number of halogens is 2. The molecule has 0 heterocycles. The Hall–Kier alpha value is -1.51. The van der Waals surface area contributed by atoms with Gasteiger partial charge in [0.15, 0.2) is 0 Å². The second-order valence-corrected chi connectivity index (χ2v) is 6.08. The fraction of sp³-hybridized carbons (Fsp3) is 0.235. The number of aryl methyl sites for hydroxylation is 2. The van der Waals surface area contributed by atoms with Gasteiger partial charge >= 0.3 is 0 Å². The highest BCUT2D eigenvalue weighted by Crippen LogP contribution is 2.26. The third-order valence-electron chi connectivity index (χ3n) is 3.26. The summed E-state index contributed by atoms with van der Waals surface area (Å²) >= 11 is 12.1. The summed E-state index contributed by atoms with van der Waals surface area (Å²) in [5.41, 5.74) is 3.64. The van der Waals surface area contributed by atoms with Crippen molar-refractivity contribution in [1.29, 1.82) is 0 Å². The third kappa shape index (κ3) is 3.99. The smallest absolute Gasteiger partial charge is 0.251 e. The van der Waals surface area contributed by atoms with Crippen molar-refractivity contribution in [3.8, 4) is 0 Å². The average molecular weight is 322 g/mol. The summed E-state index contributed by atoms with van der Waals surface area (Å²) < 4.78 is 0. The molecule has 2 nitrogen and oxygen atoms in total. The van der Waals surface area contributed by atoms with E-state index in [0.717, 1.165) is 16.7 Å². The van der Waals surface area contributed by atoms with E-state index in [-0.39, 0.29) is 11.9 Å². The van der Waals surface area contributed by atoms with E-state index in [0.29, 0.717) is 15.6 Å².